The van der Waals surface area contributed by atoms with Crippen molar-refractivity contribution in [2.45, 2.75) is 104 Å². The molecule has 1 aromatic rings. The summed E-state index contributed by atoms with van der Waals surface area (Å²) in [5.74, 6) is 0.197. The first-order valence-electron chi connectivity index (χ1n) is 13.8. The number of phenols is 1. The maximum absolute atomic E-state index is 14.1. The van der Waals surface area contributed by atoms with Crippen molar-refractivity contribution in [1.29, 1.82) is 0 Å². The molecule has 0 saturated heterocycles. The molecule has 1 rings (SSSR count). The summed E-state index contributed by atoms with van der Waals surface area (Å²) < 4.78 is 5.44. The summed E-state index contributed by atoms with van der Waals surface area (Å²) in [6, 6.07) is 3.27. The van der Waals surface area contributed by atoms with E-state index >= 15 is 0 Å². The Morgan fingerprint density at radius 2 is 1.74 bits per heavy atom. The first kappa shape index (κ1) is 33.6. The zero-order valence-electron chi connectivity index (χ0n) is 24.4. The maximum Gasteiger partial charge on any atom is 0.408 e. The van der Waals surface area contributed by atoms with E-state index in [-0.39, 0.29) is 17.6 Å². The van der Waals surface area contributed by atoms with Crippen LogP contribution in [0.4, 0.5) is 4.79 Å². The average molecular weight is 552 g/mol. The molecule has 38 heavy (non-hydrogen) atoms. The van der Waals surface area contributed by atoms with Crippen molar-refractivity contribution in [3.63, 3.8) is 0 Å². The molecule has 2 atom stereocenters. The molecule has 0 aliphatic carbocycles. The van der Waals surface area contributed by atoms with Gasteiger partial charge in [0.05, 0.1) is 0 Å². The Bertz CT molecular complexity index is 887. The third-order valence-corrected chi connectivity index (χ3v) is 6.71. The van der Waals surface area contributed by atoms with Crippen LogP contribution in [0.25, 0.3) is 0 Å². The fourth-order valence-electron chi connectivity index (χ4n) is 4.05. The molecule has 8 nitrogen and oxygen atoms in total. The number of hydrogen-bond acceptors (Lipinski definition) is 6. The number of rotatable bonds is 16. The quantitative estimate of drug-likeness (QED) is 0.227. The number of thioether (sulfide) groups is 1. The van der Waals surface area contributed by atoms with Gasteiger partial charge in [0.15, 0.2) is 0 Å². The predicted molar refractivity (Wildman–Crippen MR) is 156 cm³/mol. The lowest BCUT2D eigenvalue weighted by Crippen LogP contribution is -2.53. The fraction of sp³-hybridized carbons (Fsp3) is 0.690. The van der Waals surface area contributed by atoms with Gasteiger partial charge in [0.1, 0.15) is 23.4 Å². The summed E-state index contributed by atoms with van der Waals surface area (Å²) in [4.78, 5) is 42.0. The maximum atomic E-state index is 14.1. The number of amides is 3. The normalized spacial score (nSPS) is 12.9. The number of unbranched alkanes of at least 4 members (excludes halogenated alkanes) is 4. The Hall–Kier alpha value is -2.42. The molecule has 3 amide bonds. The number of nitrogens with one attached hydrogen (secondary N) is 2. The first-order valence-corrected chi connectivity index (χ1v) is 15.2. The van der Waals surface area contributed by atoms with Gasteiger partial charge in [-0.2, -0.15) is 11.8 Å². The Labute approximate surface area is 233 Å². The lowest BCUT2D eigenvalue weighted by molar-refractivity contribution is -0.142. The van der Waals surface area contributed by atoms with Crippen molar-refractivity contribution in [1.82, 2.24) is 15.5 Å². The van der Waals surface area contributed by atoms with E-state index in [1.54, 1.807) is 62.6 Å². The van der Waals surface area contributed by atoms with Gasteiger partial charge >= 0.3 is 6.09 Å². The molecule has 0 aliphatic rings. The van der Waals surface area contributed by atoms with Crippen LogP contribution < -0.4 is 10.6 Å². The smallest absolute Gasteiger partial charge is 0.408 e. The third-order valence-electron chi connectivity index (χ3n) is 6.06. The molecule has 0 aliphatic heterocycles. The van der Waals surface area contributed by atoms with E-state index in [9.17, 15) is 19.5 Å². The van der Waals surface area contributed by atoms with Crippen LogP contribution in [0.1, 0.15) is 96.7 Å². The average Bonchev–Trinajstić information content (AvgIpc) is 2.84. The predicted octanol–water partition coefficient (Wildman–Crippen LogP) is 5.71. The van der Waals surface area contributed by atoms with E-state index in [2.05, 4.69) is 24.5 Å². The van der Waals surface area contributed by atoms with Gasteiger partial charge < -0.3 is 25.4 Å². The lowest BCUT2D eigenvalue weighted by Gasteiger charge is -2.35. The number of benzene rings is 1. The molecular formula is C29H49N3O5S. The van der Waals surface area contributed by atoms with Gasteiger partial charge in [-0.1, -0.05) is 45.6 Å². The summed E-state index contributed by atoms with van der Waals surface area (Å²) in [6.45, 7) is 12.2. The van der Waals surface area contributed by atoms with Crippen LogP contribution in [0.2, 0.25) is 0 Å². The highest BCUT2D eigenvalue weighted by molar-refractivity contribution is 7.98. The van der Waals surface area contributed by atoms with Crippen molar-refractivity contribution < 1.29 is 24.2 Å². The van der Waals surface area contributed by atoms with Crippen molar-refractivity contribution in [3.8, 4) is 5.75 Å². The highest BCUT2D eigenvalue weighted by Crippen LogP contribution is 2.28. The first-order chi connectivity index (χ1) is 17.9. The number of aromatic hydroxyl groups is 1. The van der Waals surface area contributed by atoms with Crippen molar-refractivity contribution in [2.75, 3.05) is 25.1 Å². The summed E-state index contributed by atoms with van der Waals surface area (Å²) in [6.07, 6.45) is 7.16. The topological polar surface area (TPSA) is 108 Å². The third kappa shape index (κ3) is 12.0. The van der Waals surface area contributed by atoms with Gasteiger partial charge in [0.25, 0.3) is 0 Å². The SMILES string of the molecule is CCCCCNC(=O)C(c1ccc(O)c(C)c1)N(CCCCC)C(=O)C(CCSC)NC(=O)OC(C)(C)C. The lowest BCUT2D eigenvalue weighted by atomic mass is 9.99. The largest absolute Gasteiger partial charge is 0.508 e. The molecule has 9 heteroatoms. The van der Waals surface area contributed by atoms with Gasteiger partial charge in [-0.25, -0.2) is 4.79 Å². The molecule has 0 spiro atoms. The van der Waals surface area contributed by atoms with E-state index in [1.807, 2.05) is 6.26 Å². The zero-order chi connectivity index (χ0) is 28.7. The number of alkyl carbamates (subject to hydrolysis) is 1. The summed E-state index contributed by atoms with van der Waals surface area (Å²) in [7, 11) is 0. The van der Waals surface area contributed by atoms with Gasteiger partial charge in [-0.05, 0) is 82.2 Å². The number of hydrogen-bond donors (Lipinski definition) is 3. The minimum atomic E-state index is -0.891. The Morgan fingerprint density at radius 3 is 2.32 bits per heavy atom. The number of ether oxygens (including phenoxy) is 1. The van der Waals surface area contributed by atoms with Crippen LogP contribution in [0.5, 0.6) is 5.75 Å². The van der Waals surface area contributed by atoms with E-state index in [4.69, 9.17) is 4.74 Å². The Morgan fingerprint density at radius 1 is 1.08 bits per heavy atom. The van der Waals surface area contributed by atoms with E-state index in [1.165, 1.54) is 0 Å². The number of carbonyl (C=O) groups excluding carboxylic acids is 3. The highest BCUT2D eigenvalue weighted by atomic mass is 32.2. The molecule has 0 bridgehead atoms. The summed E-state index contributed by atoms with van der Waals surface area (Å²) >= 11 is 1.58. The van der Waals surface area contributed by atoms with Gasteiger partial charge in [0, 0.05) is 13.1 Å². The fourth-order valence-corrected chi connectivity index (χ4v) is 4.52. The standard InChI is InChI=1S/C29H49N3O5S/c1-8-10-12-17-30-26(34)25(22-14-15-24(33)21(3)20-22)32(18-13-11-9-2)27(35)23(16-19-38-7)31-28(36)37-29(4,5)6/h14-15,20,23,25,33H,8-13,16-19H2,1-7H3,(H,30,34)(H,31,36). The molecule has 0 aromatic heterocycles. The summed E-state index contributed by atoms with van der Waals surface area (Å²) in [5.41, 5.74) is 0.541. The van der Waals surface area contributed by atoms with Crippen LogP contribution in [-0.2, 0) is 14.3 Å². The number of carbonyl (C=O) groups is 3. The Kier molecular flexibility index (Phi) is 15.2. The summed E-state index contributed by atoms with van der Waals surface area (Å²) in [5, 5.41) is 15.9. The molecule has 0 heterocycles. The van der Waals surface area contributed by atoms with E-state index in [0.717, 1.165) is 38.5 Å². The van der Waals surface area contributed by atoms with Crippen molar-refractivity contribution >= 4 is 29.7 Å². The van der Waals surface area contributed by atoms with Gasteiger partial charge in [0.2, 0.25) is 11.8 Å². The second kappa shape index (κ2) is 17.2. The number of aryl methyl sites for hydroxylation is 1. The molecule has 2 unspecified atom stereocenters. The molecule has 3 N–H and O–H groups in total. The molecule has 1 aromatic carbocycles. The van der Waals surface area contributed by atoms with Crippen molar-refractivity contribution in [2.24, 2.45) is 0 Å². The molecule has 0 saturated carbocycles. The van der Waals surface area contributed by atoms with Crippen LogP contribution in [0, 0.1) is 6.92 Å². The van der Waals surface area contributed by atoms with E-state index in [0.29, 0.717) is 36.4 Å². The number of phenolic OH excluding ortho intramolecular Hbond substituents is 1. The minimum absolute atomic E-state index is 0.129. The minimum Gasteiger partial charge on any atom is -0.508 e. The monoisotopic (exact) mass is 551 g/mol. The molecular weight excluding hydrogens is 502 g/mol. The van der Waals surface area contributed by atoms with Gasteiger partial charge in [-0.3, -0.25) is 9.59 Å². The number of nitrogens with zero attached hydrogens (tertiary/aromatic N) is 1. The van der Waals surface area contributed by atoms with Crippen molar-refractivity contribution in [3.05, 3.63) is 29.3 Å². The molecule has 0 radical (unpaired) electrons. The van der Waals surface area contributed by atoms with E-state index < -0.39 is 23.8 Å². The second-order valence-electron chi connectivity index (χ2n) is 10.7. The van der Waals surface area contributed by atoms with Gasteiger partial charge in [-0.15, -0.1) is 0 Å². The highest BCUT2D eigenvalue weighted by Gasteiger charge is 2.36. The van der Waals surface area contributed by atoms with Crippen LogP contribution in [0.3, 0.4) is 0 Å². The second-order valence-corrected chi connectivity index (χ2v) is 11.7. The van der Waals surface area contributed by atoms with Crippen LogP contribution >= 0.6 is 11.8 Å². The molecule has 216 valence electrons. The zero-order valence-corrected chi connectivity index (χ0v) is 25.2. The molecule has 0 fully saturated rings. The van der Waals surface area contributed by atoms with Crippen LogP contribution in [0.15, 0.2) is 18.2 Å². The Balaban J connectivity index is 3.45. The van der Waals surface area contributed by atoms with Crippen LogP contribution in [-0.4, -0.2) is 64.7 Å².